The van der Waals surface area contributed by atoms with Gasteiger partial charge < -0.3 is 25.4 Å². The van der Waals surface area contributed by atoms with E-state index >= 15 is 0 Å². The number of thiol groups is 1. The van der Waals surface area contributed by atoms with Gasteiger partial charge >= 0.3 is 6.09 Å². The van der Waals surface area contributed by atoms with Crippen molar-refractivity contribution in [1.29, 1.82) is 0 Å². The molecule has 4 aliphatic rings. The van der Waals surface area contributed by atoms with Crippen LogP contribution < -0.4 is 11.1 Å². The number of methoxy groups -OCH3 is 1. The first kappa shape index (κ1) is 19.3. The molecular weight excluding hydrogens is 384 g/mol. The molecule has 0 aromatic heterocycles. The van der Waals surface area contributed by atoms with E-state index in [1.807, 2.05) is 11.9 Å². The van der Waals surface area contributed by atoms with Gasteiger partial charge in [0.2, 0.25) is 11.6 Å². The summed E-state index contributed by atoms with van der Waals surface area (Å²) in [6.45, 7) is 2.54. The van der Waals surface area contributed by atoms with Crippen molar-refractivity contribution in [2.24, 2.45) is 11.7 Å². The Bertz CT molecular complexity index is 840. The fraction of sp³-hybridized carbons (Fsp3) is 0.611. The molecule has 5 atom stereocenters. The minimum Gasteiger partial charge on any atom is -0.449 e. The molecule has 4 rings (SSSR count). The Morgan fingerprint density at radius 2 is 2.11 bits per heavy atom. The molecule has 0 saturated carbocycles. The highest BCUT2D eigenvalue weighted by molar-refractivity contribution is 7.80. The zero-order valence-electron chi connectivity index (χ0n) is 16.0. The van der Waals surface area contributed by atoms with E-state index in [1.165, 1.54) is 0 Å². The van der Waals surface area contributed by atoms with Crippen LogP contribution in [-0.4, -0.2) is 84.9 Å². The standard InChI is InChI=1S/C18H24N4O5S/c1-8-12(20-4-5-28)15(24)11-9(7-27-17(19)25)18(26-3)16-10(21(16)2)6-22(18)13(11)14(8)23/h9-10,16,20,28H,4-7H2,1-3H3,(H2,19,25)/t9-,10?,16?,18-,21?/m1/s1. The number of hydrogen-bond donors (Lipinski definition) is 3. The first-order valence-corrected chi connectivity index (χ1v) is 9.80. The molecule has 0 bridgehead atoms. The number of carbonyl (C=O) groups is 3. The third-order valence-corrected chi connectivity index (χ3v) is 6.58. The number of fused-ring (bicyclic) bond motifs is 4. The largest absolute Gasteiger partial charge is 0.449 e. The molecule has 2 fully saturated rings. The second-order valence-electron chi connectivity index (χ2n) is 7.50. The van der Waals surface area contributed by atoms with Crippen molar-refractivity contribution in [3.05, 3.63) is 22.5 Å². The highest BCUT2D eigenvalue weighted by atomic mass is 32.1. The van der Waals surface area contributed by atoms with Gasteiger partial charge in [0.1, 0.15) is 6.61 Å². The van der Waals surface area contributed by atoms with Crippen molar-refractivity contribution in [3.63, 3.8) is 0 Å². The van der Waals surface area contributed by atoms with Crippen LogP contribution in [0.1, 0.15) is 6.92 Å². The summed E-state index contributed by atoms with van der Waals surface area (Å²) in [7, 11) is 3.54. The zero-order chi connectivity index (χ0) is 20.4. The van der Waals surface area contributed by atoms with E-state index in [1.54, 1.807) is 14.0 Å². The minimum atomic E-state index is -0.940. The molecule has 3 aliphatic heterocycles. The number of Topliss-reactive ketones (excluding diaryl/α,β-unsaturated/α-hetero) is 2. The number of carbonyl (C=O) groups excluding carboxylic acids is 3. The summed E-state index contributed by atoms with van der Waals surface area (Å²) in [6.07, 6.45) is -0.930. The summed E-state index contributed by atoms with van der Waals surface area (Å²) in [5.74, 6) is -0.570. The quantitative estimate of drug-likeness (QED) is 0.299. The predicted molar refractivity (Wildman–Crippen MR) is 102 cm³/mol. The SMILES string of the molecule is CO[C@]12C3C(CN1C1=C(C(=O)C(NCCS)=C(C)C1=O)[C@H]2COC(N)=O)N3C. The number of ether oxygens (including phenoxy) is 2. The second kappa shape index (κ2) is 6.50. The van der Waals surface area contributed by atoms with Gasteiger partial charge in [-0.15, -0.1) is 0 Å². The average molecular weight is 408 g/mol. The number of ketones is 2. The van der Waals surface area contributed by atoms with Crippen molar-refractivity contribution >= 4 is 30.3 Å². The average Bonchev–Trinajstić information content (AvgIpc) is 3.04. The van der Waals surface area contributed by atoms with Crippen LogP contribution >= 0.6 is 12.6 Å². The van der Waals surface area contributed by atoms with Gasteiger partial charge in [0.25, 0.3) is 0 Å². The molecule has 9 nitrogen and oxygen atoms in total. The van der Waals surface area contributed by atoms with Gasteiger partial charge in [-0.2, -0.15) is 12.6 Å². The molecule has 152 valence electrons. The van der Waals surface area contributed by atoms with Crippen LogP contribution in [0, 0.1) is 5.92 Å². The van der Waals surface area contributed by atoms with E-state index in [2.05, 4.69) is 22.8 Å². The lowest BCUT2D eigenvalue weighted by Gasteiger charge is -2.40. The Hall–Kier alpha value is -2.04. The third-order valence-electron chi connectivity index (χ3n) is 6.36. The maximum absolute atomic E-state index is 13.4. The van der Waals surface area contributed by atoms with Crippen LogP contribution in [0.4, 0.5) is 4.79 Å². The van der Waals surface area contributed by atoms with Gasteiger partial charge in [0.05, 0.1) is 23.4 Å². The maximum atomic E-state index is 13.4. The number of nitrogens with one attached hydrogen (secondary N) is 1. The van der Waals surface area contributed by atoms with E-state index in [0.29, 0.717) is 35.7 Å². The monoisotopic (exact) mass is 408 g/mol. The topological polar surface area (TPSA) is 114 Å². The summed E-state index contributed by atoms with van der Waals surface area (Å²) >= 11 is 4.16. The van der Waals surface area contributed by atoms with Gasteiger partial charge in [-0.05, 0) is 14.0 Å². The number of allylic oxidation sites excluding steroid dienone is 2. The van der Waals surface area contributed by atoms with Crippen LogP contribution in [0.25, 0.3) is 0 Å². The molecule has 2 saturated heterocycles. The zero-order valence-corrected chi connectivity index (χ0v) is 16.9. The molecular formula is C18H24N4O5S. The lowest BCUT2D eigenvalue weighted by atomic mass is 9.82. The van der Waals surface area contributed by atoms with E-state index in [0.717, 1.165) is 0 Å². The van der Waals surface area contributed by atoms with E-state index in [9.17, 15) is 14.4 Å². The summed E-state index contributed by atoms with van der Waals surface area (Å²) in [4.78, 5) is 42.0. The van der Waals surface area contributed by atoms with Crippen molar-refractivity contribution in [2.45, 2.75) is 24.7 Å². The third kappa shape index (κ3) is 2.31. The van der Waals surface area contributed by atoms with Crippen molar-refractivity contribution in [1.82, 2.24) is 15.1 Å². The molecule has 10 heteroatoms. The first-order valence-electron chi connectivity index (χ1n) is 9.17. The Balaban J connectivity index is 1.80. The Morgan fingerprint density at radius 1 is 1.39 bits per heavy atom. The lowest BCUT2D eigenvalue weighted by Crippen LogP contribution is -2.55. The molecule has 0 radical (unpaired) electrons. The van der Waals surface area contributed by atoms with Crippen molar-refractivity contribution < 1.29 is 23.9 Å². The molecule has 1 aliphatic carbocycles. The number of rotatable bonds is 6. The Labute approximate surface area is 168 Å². The molecule has 3 N–H and O–H groups in total. The second-order valence-corrected chi connectivity index (χ2v) is 7.94. The molecule has 0 spiro atoms. The van der Waals surface area contributed by atoms with Gasteiger partial charge in [-0.1, -0.05) is 0 Å². The molecule has 3 heterocycles. The number of amides is 1. The number of likely N-dealkylation sites (N-methyl/N-ethyl adjacent to an activating group) is 1. The summed E-state index contributed by atoms with van der Waals surface area (Å²) in [5.41, 5.74) is 5.59. The molecule has 3 unspecified atom stereocenters. The van der Waals surface area contributed by atoms with Crippen molar-refractivity contribution in [3.8, 4) is 0 Å². The fourth-order valence-electron chi connectivity index (χ4n) is 5.11. The predicted octanol–water partition coefficient (Wildman–Crippen LogP) is -0.748. The van der Waals surface area contributed by atoms with E-state index in [4.69, 9.17) is 15.2 Å². The van der Waals surface area contributed by atoms with Crippen LogP contribution in [0.3, 0.4) is 0 Å². The van der Waals surface area contributed by atoms with Crippen LogP contribution in [0.15, 0.2) is 22.5 Å². The summed E-state index contributed by atoms with van der Waals surface area (Å²) in [5, 5.41) is 3.02. The van der Waals surface area contributed by atoms with E-state index < -0.39 is 17.7 Å². The number of nitrogens with two attached hydrogens (primary N) is 1. The lowest BCUT2D eigenvalue weighted by molar-refractivity contribution is -0.144. The maximum Gasteiger partial charge on any atom is 0.404 e. The normalized spacial score (nSPS) is 35.8. The molecule has 1 amide bonds. The fourth-order valence-corrected chi connectivity index (χ4v) is 5.22. The smallest absolute Gasteiger partial charge is 0.404 e. The molecule has 0 aromatic carbocycles. The molecule has 28 heavy (non-hydrogen) atoms. The highest BCUT2D eigenvalue weighted by Crippen LogP contribution is 2.59. The number of primary amides is 1. The van der Waals surface area contributed by atoms with E-state index in [-0.39, 0.29) is 36.0 Å². The van der Waals surface area contributed by atoms with Gasteiger partial charge in [-0.3, -0.25) is 14.5 Å². The van der Waals surface area contributed by atoms with Crippen LogP contribution in [0.5, 0.6) is 0 Å². The van der Waals surface area contributed by atoms with Gasteiger partial charge in [0.15, 0.2) is 5.72 Å². The highest BCUT2D eigenvalue weighted by Gasteiger charge is 2.75. The number of nitrogens with zero attached hydrogens (tertiary/aromatic N) is 2. The first-order chi connectivity index (χ1) is 13.3. The van der Waals surface area contributed by atoms with Crippen molar-refractivity contribution in [2.75, 3.05) is 39.6 Å². The summed E-state index contributed by atoms with van der Waals surface area (Å²) in [6, 6.07) is 0.223. The summed E-state index contributed by atoms with van der Waals surface area (Å²) < 4.78 is 11.1. The van der Waals surface area contributed by atoms with Crippen LogP contribution in [0.2, 0.25) is 0 Å². The number of hydrogen-bond acceptors (Lipinski definition) is 9. The Morgan fingerprint density at radius 3 is 2.71 bits per heavy atom. The molecule has 0 aromatic rings. The number of piperazine rings is 1. The minimum absolute atomic E-state index is 0.000617. The van der Waals surface area contributed by atoms with Gasteiger partial charge in [0, 0.05) is 43.1 Å². The Kier molecular flexibility index (Phi) is 4.48. The van der Waals surface area contributed by atoms with Crippen LogP contribution in [-0.2, 0) is 19.1 Å². The van der Waals surface area contributed by atoms with Gasteiger partial charge in [-0.25, -0.2) is 4.79 Å².